The van der Waals surface area contributed by atoms with Gasteiger partial charge in [-0.2, -0.15) is 0 Å². The van der Waals surface area contributed by atoms with Gasteiger partial charge in [-0.15, -0.1) is 0 Å². The van der Waals surface area contributed by atoms with Crippen LogP contribution in [-0.4, -0.2) is 6.04 Å². The molecule has 0 radical (unpaired) electrons. The zero-order valence-corrected chi connectivity index (χ0v) is 10.6. The van der Waals surface area contributed by atoms with Gasteiger partial charge in [0.25, 0.3) is 0 Å². The van der Waals surface area contributed by atoms with E-state index in [2.05, 4.69) is 50.2 Å². The Morgan fingerprint density at radius 3 is 2.31 bits per heavy atom. The van der Waals surface area contributed by atoms with Gasteiger partial charge in [-0.3, -0.25) is 0 Å². The average Bonchev–Trinajstić information content (AvgIpc) is 2.32. The third-order valence-corrected chi connectivity index (χ3v) is 3.78. The van der Waals surface area contributed by atoms with Crippen LogP contribution in [0.25, 0.3) is 10.4 Å². The maximum atomic E-state index is 8.39. The summed E-state index contributed by atoms with van der Waals surface area (Å²) in [6.07, 6.45) is 4.30. The number of rotatable bonds is 2. The predicted molar refractivity (Wildman–Crippen MR) is 68.3 cm³/mol. The number of halogens is 1. The molecule has 0 unspecified atom stereocenters. The van der Waals surface area contributed by atoms with Gasteiger partial charge in [-0.25, -0.2) is 0 Å². The fourth-order valence-corrected chi connectivity index (χ4v) is 2.60. The first-order valence-corrected chi connectivity index (χ1v) is 6.38. The Morgan fingerprint density at radius 2 is 1.75 bits per heavy atom. The van der Waals surface area contributed by atoms with E-state index in [1.165, 1.54) is 5.56 Å². The number of nitrogens with zero attached hydrogens (tertiary/aromatic N) is 3. The summed E-state index contributed by atoms with van der Waals surface area (Å²) in [7, 11) is 0. The average molecular weight is 280 g/mol. The molecule has 0 heterocycles. The molecule has 0 N–H and O–H groups in total. The van der Waals surface area contributed by atoms with Crippen LogP contribution in [0.1, 0.15) is 37.2 Å². The molecular formula is C12H14BrN3. The van der Waals surface area contributed by atoms with Crippen molar-refractivity contribution in [3.63, 3.8) is 0 Å². The minimum Gasteiger partial charge on any atom is -0.0906 e. The highest BCUT2D eigenvalue weighted by molar-refractivity contribution is 9.10. The summed E-state index contributed by atoms with van der Waals surface area (Å²) in [6.45, 7) is 0. The molecule has 1 fully saturated rings. The Balaban J connectivity index is 1.98. The van der Waals surface area contributed by atoms with Crippen LogP contribution in [0, 0.1) is 0 Å². The summed E-state index contributed by atoms with van der Waals surface area (Å²) >= 11 is 3.44. The van der Waals surface area contributed by atoms with Crippen LogP contribution in [0.4, 0.5) is 0 Å². The first-order valence-electron chi connectivity index (χ1n) is 5.59. The van der Waals surface area contributed by atoms with E-state index in [0.717, 1.165) is 30.2 Å². The third kappa shape index (κ3) is 2.77. The van der Waals surface area contributed by atoms with Crippen molar-refractivity contribution in [3.8, 4) is 0 Å². The lowest BCUT2D eigenvalue weighted by atomic mass is 9.82. The zero-order chi connectivity index (χ0) is 11.4. The third-order valence-electron chi connectivity index (χ3n) is 3.25. The van der Waals surface area contributed by atoms with Crippen molar-refractivity contribution in [1.29, 1.82) is 0 Å². The first kappa shape index (κ1) is 11.5. The van der Waals surface area contributed by atoms with Crippen molar-refractivity contribution in [2.45, 2.75) is 37.6 Å². The Bertz CT molecular complexity index is 387. The molecule has 1 saturated carbocycles. The Morgan fingerprint density at radius 1 is 1.12 bits per heavy atom. The van der Waals surface area contributed by atoms with Crippen LogP contribution < -0.4 is 0 Å². The summed E-state index contributed by atoms with van der Waals surface area (Å²) in [5, 5.41) is 3.80. The van der Waals surface area contributed by atoms with Gasteiger partial charge in [0.2, 0.25) is 0 Å². The van der Waals surface area contributed by atoms with Gasteiger partial charge in [0.1, 0.15) is 0 Å². The Labute approximate surface area is 104 Å². The molecule has 1 aromatic rings. The second-order valence-electron chi connectivity index (χ2n) is 4.26. The summed E-state index contributed by atoms with van der Waals surface area (Å²) in [6, 6.07) is 8.77. The lowest BCUT2D eigenvalue weighted by Crippen LogP contribution is -2.15. The normalized spacial score (nSPS) is 24.8. The highest BCUT2D eigenvalue weighted by atomic mass is 79.9. The van der Waals surface area contributed by atoms with Crippen LogP contribution in [0.3, 0.4) is 0 Å². The number of benzene rings is 1. The van der Waals surface area contributed by atoms with Gasteiger partial charge in [0.05, 0.1) is 0 Å². The summed E-state index contributed by atoms with van der Waals surface area (Å²) in [5.41, 5.74) is 9.79. The molecule has 0 spiro atoms. The van der Waals surface area contributed by atoms with Crippen molar-refractivity contribution in [1.82, 2.24) is 0 Å². The molecule has 4 heteroatoms. The summed E-state index contributed by atoms with van der Waals surface area (Å²) in [5.74, 6) is 0.637. The maximum Gasteiger partial charge on any atom is 0.0374 e. The van der Waals surface area contributed by atoms with E-state index in [-0.39, 0.29) is 6.04 Å². The van der Waals surface area contributed by atoms with Crippen LogP contribution in [-0.2, 0) is 0 Å². The fourth-order valence-electron chi connectivity index (χ4n) is 2.33. The van der Waals surface area contributed by atoms with Crippen molar-refractivity contribution in [3.05, 3.63) is 44.7 Å². The van der Waals surface area contributed by atoms with Gasteiger partial charge in [-0.1, -0.05) is 33.2 Å². The lowest BCUT2D eigenvalue weighted by molar-refractivity contribution is 0.395. The van der Waals surface area contributed by atoms with Gasteiger partial charge < -0.3 is 0 Å². The first-order chi connectivity index (χ1) is 7.79. The van der Waals surface area contributed by atoms with Gasteiger partial charge in [-0.05, 0) is 54.8 Å². The number of azide groups is 1. The highest BCUT2D eigenvalue weighted by Gasteiger charge is 2.21. The molecular weight excluding hydrogens is 266 g/mol. The summed E-state index contributed by atoms with van der Waals surface area (Å²) < 4.78 is 1.12. The molecule has 0 saturated heterocycles. The number of hydrogen-bond donors (Lipinski definition) is 0. The second-order valence-corrected chi connectivity index (χ2v) is 5.18. The topological polar surface area (TPSA) is 48.8 Å². The minimum atomic E-state index is 0.219. The van der Waals surface area contributed by atoms with E-state index in [1.54, 1.807) is 0 Å². The van der Waals surface area contributed by atoms with Crippen LogP contribution in [0.2, 0.25) is 0 Å². The molecule has 0 aromatic heterocycles. The van der Waals surface area contributed by atoms with E-state index in [0.29, 0.717) is 5.92 Å². The molecule has 0 amide bonds. The van der Waals surface area contributed by atoms with Crippen molar-refractivity contribution in [2.24, 2.45) is 5.11 Å². The standard InChI is InChI=1S/C12H14BrN3/c13-11-5-1-9(2-6-11)10-3-7-12(8-4-10)15-16-14/h1-2,5-6,10,12H,3-4,7-8H2/t10-,12+. The largest absolute Gasteiger partial charge is 0.0906 e. The van der Waals surface area contributed by atoms with Crippen molar-refractivity contribution >= 4 is 15.9 Å². The van der Waals surface area contributed by atoms with Gasteiger partial charge in [0.15, 0.2) is 0 Å². The quantitative estimate of drug-likeness (QED) is 0.425. The molecule has 16 heavy (non-hydrogen) atoms. The van der Waals surface area contributed by atoms with E-state index >= 15 is 0 Å². The van der Waals surface area contributed by atoms with E-state index in [9.17, 15) is 0 Å². The van der Waals surface area contributed by atoms with E-state index in [4.69, 9.17) is 5.53 Å². The lowest BCUT2D eigenvalue weighted by Gasteiger charge is -2.26. The monoisotopic (exact) mass is 279 g/mol. The molecule has 1 aliphatic rings. The molecule has 1 aliphatic carbocycles. The number of hydrogen-bond acceptors (Lipinski definition) is 1. The maximum absolute atomic E-state index is 8.39. The van der Waals surface area contributed by atoms with E-state index < -0.39 is 0 Å². The van der Waals surface area contributed by atoms with Crippen molar-refractivity contribution < 1.29 is 0 Å². The van der Waals surface area contributed by atoms with E-state index in [1.807, 2.05) is 0 Å². The molecule has 2 rings (SSSR count). The molecule has 0 bridgehead atoms. The predicted octanol–water partition coefficient (Wildman–Crippen LogP) is 4.79. The smallest absolute Gasteiger partial charge is 0.0374 e. The zero-order valence-electron chi connectivity index (χ0n) is 9.01. The highest BCUT2D eigenvalue weighted by Crippen LogP contribution is 2.34. The Kier molecular flexibility index (Phi) is 3.86. The van der Waals surface area contributed by atoms with Gasteiger partial charge >= 0.3 is 0 Å². The van der Waals surface area contributed by atoms with Crippen LogP contribution in [0.5, 0.6) is 0 Å². The van der Waals surface area contributed by atoms with Crippen LogP contribution in [0.15, 0.2) is 33.9 Å². The molecule has 0 aliphatic heterocycles. The van der Waals surface area contributed by atoms with Crippen molar-refractivity contribution in [2.75, 3.05) is 0 Å². The van der Waals surface area contributed by atoms with Gasteiger partial charge in [0, 0.05) is 15.4 Å². The molecule has 1 aromatic carbocycles. The second kappa shape index (κ2) is 5.37. The molecule has 0 atom stereocenters. The minimum absolute atomic E-state index is 0.219. The molecule has 3 nitrogen and oxygen atoms in total. The SMILES string of the molecule is [N-]=[N+]=N[C@H]1CC[C@@H](c2ccc(Br)cc2)CC1. The van der Waals surface area contributed by atoms with Crippen LogP contribution >= 0.6 is 15.9 Å². The molecule has 84 valence electrons. The fraction of sp³-hybridized carbons (Fsp3) is 0.500. The Hall–Kier alpha value is -0.990. The summed E-state index contributed by atoms with van der Waals surface area (Å²) in [4.78, 5) is 2.89.